The molecular weight excluding hydrogens is 498 g/mol. The lowest BCUT2D eigenvalue weighted by atomic mass is 10.2. The van der Waals surface area contributed by atoms with Gasteiger partial charge in [-0.2, -0.15) is 26.3 Å². The number of halogens is 7. The summed E-state index contributed by atoms with van der Waals surface area (Å²) in [5, 5.41) is 20.3. The van der Waals surface area contributed by atoms with E-state index in [1.165, 1.54) is 6.42 Å². The number of amides is 1. The second kappa shape index (κ2) is 10.0. The average molecular weight is 511 g/mol. The van der Waals surface area contributed by atoms with E-state index in [4.69, 9.17) is 19.8 Å². The zero-order valence-corrected chi connectivity index (χ0v) is 16.0. The second-order valence-corrected chi connectivity index (χ2v) is 6.69. The van der Waals surface area contributed by atoms with Gasteiger partial charge in [-0.05, 0) is 34.7 Å². The standard InChI is InChI=1S/C10H11BrN4O.2C2HF3O2/c11-8-3-12-4-9(14-8)15-10(16)7-2-5-1-6(5)13-7;2*3-2(4,5)1(6)7/h3-7,13H,1-2H2,(H,14,15,16);2*(H,6,7)/t5-,6-,7+;;/m1../s1. The van der Waals surface area contributed by atoms with Gasteiger partial charge in [-0.3, -0.25) is 9.78 Å². The van der Waals surface area contributed by atoms with E-state index < -0.39 is 24.3 Å². The molecule has 16 heteroatoms. The topological polar surface area (TPSA) is 142 Å². The normalized spacial score (nSPS) is 21.8. The molecule has 2 heterocycles. The van der Waals surface area contributed by atoms with E-state index in [2.05, 4.69) is 36.5 Å². The number of nitrogens with one attached hydrogen (secondary N) is 2. The zero-order chi connectivity index (χ0) is 23.3. The number of fused-ring (bicyclic) bond motifs is 1. The quantitative estimate of drug-likeness (QED) is 0.443. The van der Waals surface area contributed by atoms with E-state index in [0.29, 0.717) is 22.4 Å². The number of carboxylic acids is 2. The fourth-order valence-electron chi connectivity index (χ4n) is 2.14. The molecule has 30 heavy (non-hydrogen) atoms. The Labute approximate surface area is 172 Å². The van der Waals surface area contributed by atoms with Gasteiger partial charge in [0, 0.05) is 6.04 Å². The Morgan fingerprint density at radius 2 is 1.53 bits per heavy atom. The van der Waals surface area contributed by atoms with Crippen molar-refractivity contribution in [3.8, 4) is 0 Å². The summed E-state index contributed by atoms with van der Waals surface area (Å²) in [6, 6.07) is 0.508. The number of hydrogen-bond acceptors (Lipinski definition) is 6. The number of anilines is 1. The number of aliphatic carboxylic acids is 2. The summed E-state index contributed by atoms with van der Waals surface area (Å²) in [6.45, 7) is 0. The van der Waals surface area contributed by atoms with Gasteiger partial charge in [0.2, 0.25) is 5.91 Å². The van der Waals surface area contributed by atoms with Gasteiger partial charge in [-0.15, -0.1) is 0 Å². The molecule has 3 rings (SSSR count). The molecule has 2 aliphatic rings. The minimum Gasteiger partial charge on any atom is -0.475 e. The van der Waals surface area contributed by atoms with Crippen LogP contribution in [0.4, 0.5) is 32.2 Å². The lowest BCUT2D eigenvalue weighted by Crippen LogP contribution is -2.38. The molecular formula is C14H13BrF6N4O5. The summed E-state index contributed by atoms with van der Waals surface area (Å²) in [5.74, 6) is -4.33. The summed E-state index contributed by atoms with van der Waals surface area (Å²) in [6.07, 6.45) is -4.88. The number of nitrogens with zero attached hydrogens (tertiary/aromatic N) is 2. The van der Waals surface area contributed by atoms with Gasteiger partial charge < -0.3 is 20.8 Å². The third-order valence-corrected chi connectivity index (χ3v) is 3.92. The van der Waals surface area contributed by atoms with Crippen molar-refractivity contribution in [3.63, 3.8) is 0 Å². The van der Waals surface area contributed by atoms with E-state index in [9.17, 15) is 31.1 Å². The van der Waals surface area contributed by atoms with E-state index in [0.717, 1.165) is 6.42 Å². The van der Waals surface area contributed by atoms with Crippen LogP contribution in [-0.2, 0) is 14.4 Å². The molecule has 0 bridgehead atoms. The first-order chi connectivity index (χ1) is 13.6. The molecule has 1 aromatic rings. The molecule has 1 aliphatic heterocycles. The number of hydrogen-bond donors (Lipinski definition) is 4. The molecule has 1 saturated carbocycles. The highest BCUT2D eigenvalue weighted by Crippen LogP contribution is 2.40. The van der Waals surface area contributed by atoms with Crippen LogP contribution in [-0.4, -0.2) is 62.5 Å². The molecule has 1 saturated heterocycles. The molecule has 2 fully saturated rings. The first-order valence-electron chi connectivity index (χ1n) is 7.76. The van der Waals surface area contributed by atoms with Gasteiger partial charge in [0.25, 0.3) is 0 Å². The average Bonchev–Trinajstić information content (AvgIpc) is 3.19. The second-order valence-electron chi connectivity index (χ2n) is 5.88. The van der Waals surface area contributed by atoms with Gasteiger partial charge in [-0.25, -0.2) is 14.6 Å². The lowest BCUT2D eigenvalue weighted by Gasteiger charge is -2.12. The Morgan fingerprint density at radius 1 is 1.03 bits per heavy atom. The molecule has 0 radical (unpaired) electrons. The monoisotopic (exact) mass is 510 g/mol. The van der Waals surface area contributed by atoms with Crippen LogP contribution in [0.1, 0.15) is 12.8 Å². The van der Waals surface area contributed by atoms with E-state index in [-0.39, 0.29) is 11.9 Å². The Morgan fingerprint density at radius 3 is 1.90 bits per heavy atom. The lowest BCUT2D eigenvalue weighted by molar-refractivity contribution is -0.193. The molecule has 1 amide bonds. The number of carboxylic acid groups (broad SMARTS) is 2. The Bertz CT molecular complexity index is 757. The van der Waals surface area contributed by atoms with Crippen molar-refractivity contribution in [2.24, 2.45) is 5.92 Å². The number of carbonyl (C=O) groups excluding carboxylic acids is 1. The van der Waals surface area contributed by atoms with Gasteiger partial charge in [0.05, 0.1) is 18.4 Å². The third kappa shape index (κ3) is 8.89. The van der Waals surface area contributed by atoms with Gasteiger partial charge in [0.1, 0.15) is 4.60 Å². The molecule has 0 unspecified atom stereocenters. The molecule has 9 nitrogen and oxygen atoms in total. The molecule has 168 valence electrons. The summed E-state index contributed by atoms with van der Waals surface area (Å²) in [5.41, 5.74) is 0. The molecule has 1 aromatic heterocycles. The van der Waals surface area contributed by atoms with E-state index in [1.807, 2.05) is 0 Å². The molecule has 0 aromatic carbocycles. The summed E-state index contributed by atoms with van der Waals surface area (Å²) in [4.78, 5) is 37.7. The number of alkyl halides is 6. The first kappa shape index (κ1) is 25.5. The van der Waals surface area contributed by atoms with E-state index in [1.54, 1.807) is 12.4 Å². The predicted molar refractivity (Wildman–Crippen MR) is 89.2 cm³/mol. The summed E-state index contributed by atoms with van der Waals surface area (Å²) < 4.78 is 64.1. The number of rotatable bonds is 2. The van der Waals surface area contributed by atoms with Crippen molar-refractivity contribution in [1.29, 1.82) is 0 Å². The minimum absolute atomic E-state index is 0.0143. The number of carbonyl (C=O) groups is 3. The fourth-order valence-corrected chi connectivity index (χ4v) is 2.45. The SMILES string of the molecule is O=C(Nc1cncc(Br)n1)[C@@H]1C[C@H]2C[C@H]2N1.O=C(O)C(F)(F)F.O=C(O)C(F)(F)F. The summed E-state index contributed by atoms with van der Waals surface area (Å²) >= 11 is 3.21. The largest absolute Gasteiger partial charge is 0.490 e. The maximum Gasteiger partial charge on any atom is 0.490 e. The maximum absolute atomic E-state index is 11.8. The molecule has 0 spiro atoms. The molecule has 3 atom stereocenters. The maximum atomic E-state index is 11.8. The van der Waals surface area contributed by atoms with Crippen molar-refractivity contribution in [3.05, 3.63) is 17.0 Å². The van der Waals surface area contributed by atoms with Crippen LogP contribution in [0, 0.1) is 5.92 Å². The van der Waals surface area contributed by atoms with Crippen molar-refractivity contribution >= 4 is 39.6 Å². The van der Waals surface area contributed by atoms with Crippen LogP contribution in [0.5, 0.6) is 0 Å². The highest BCUT2D eigenvalue weighted by Gasteiger charge is 2.47. The van der Waals surface area contributed by atoms with Crippen LogP contribution < -0.4 is 10.6 Å². The number of aromatic nitrogens is 2. The highest BCUT2D eigenvalue weighted by atomic mass is 79.9. The van der Waals surface area contributed by atoms with Gasteiger partial charge in [0.15, 0.2) is 5.82 Å². The van der Waals surface area contributed by atoms with Crippen LogP contribution in [0.2, 0.25) is 0 Å². The van der Waals surface area contributed by atoms with Crippen LogP contribution in [0.3, 0.4) is 0 Å². The third-order valence-electron chi connectivity index (χ3n) is 3.53. The van der Waals surface area contributed by atoms with Crippen molar-refractivity contribution in [2.45, 2.75) is 37.3 Å². The van der Waals surface area contributed by atoms with Crippen molar-refractivity contribution in [1.82, 2.24) is 15.3 Å². The predicted octanol–water partition coefficient (Wildman–Crippen LogP) is 2.19. The van der Waals surface area contributed by atoms with Gasteiger partial charge >= 0.3 is 24.3 Å². The Hall–Kier alpha value is -2.49. The fraction of sp³-hybridized carbons (Fsp3) is 0.500. The van der Waals surface area contributed by atoms with Crippen LogP contribution in [0.15, 0.2) is 17.0 Å². The van der Waals surface area contributed by atoms with Crippen LogP contribution >= 0.6 is 15.9 Å². The van der Waals surface area contributed by atoms with E-state index >= 15 is 0 Å². The smallest absolute Gasteiger partial charge is 0.475 e. The molecule has 1 aliphatic carbocycles. The van der Waals surface area contributed by atoms with Crippen molar-refractivity contribution in [2.75, 3.05) is 5.32 Å². The zero-order valence-electron chi connectivity index (χ0n) is 14.5. The molecule has 4 N–H and O–H groups in total. The Balaban J connectivity index is 0.000000271. The number of piperidine rings is 1. The van der Waals surface area contributed by atoms with Crippen LogP contribution in [0.25, 0.3) is 0 Å². The highest BCUT2D eigenvalue weighted by molar-refractivity contribution is 9.10. The first-order valence-corrected chi connectivity index (χ1v) is 8.55. The van der Waals surface area contributed by atoms with Gasteiger partial charge in [-0.1, -0.05) is 0 Å². The Kier molecular flexibility index (Phi) is 8.53. The van der Waals surface area contributed by atoms with Crippen molar-refractivity contribution < 1.29 is 50.9 Å². The minimum atomic E-state index is -5.08. The summed E-state index contributed by atoms with van der Waals surface area (Å²) in [7, 11) is 0.